The summed E-state index contributed by atoms with van der Waals surface area (Å²) in [5, 5.41) is -0.605. The third-order valence-corrected chi connectivity index (χ3v) is 2.44. The first-order valence-corrected chi connectivity index (χ1v) is 5.51. The van der Waals surface area contributed by atoms with E-state index in [1.807, 2.05) is 31.2 Å². The highest BCUT2D eigenvalue weighted by molar-refractivity contribution is 6.67. The molecule has 0 radical (unpaired) electrons. The van der Waals surface area contributed by atoms with E-state index in [1.54, 1.807) is 6.07 Å². The SMILES string of the molecule is Cc1ccc(OCc2ccc(C(=O)Cl)o2)cc1. The van der Waals surface area contributed by atoms with E-state index < -0.39 is 5.24 Å². The zero-order valence-electron chi connectivity index (χ0n) is 9.27. The number of ether oxygens (including phenoxy) is 1. The highest BCUT2D eigenvalue weighted by Gasteiger charge is 2.08. The van der Waals surface area contributed by atoms with Gasteiger partial charge in [0.25, 0.3) is 5.24 Å². The van der Waals surface area contributed by atoms with Gasteiger partial charge in [-0.3, -0.25) is 4.79 Å². The van der Waals surface area contributed by atoms with Gasteiger partial charge in [-0.15, -0.1) is 0 Å². The summed E-state index contributed by atoms with van der Waals surface area (Å²) < 4.78 is 10.7. The lowest BCUT2D eigenvalue weighted by molar-refractivity contribution is 0.105. The first kappa shape index (κ1) is 11.7. The molecule has 0 fully saturated rings. The van der Waals surface area contributed by atoms with Gasteiger partial charge in [0.2, 0.25) is 0 Å². The predicted molar refractivity (Wildman–Crippen MR) is 64.4 cm³/mol. The molecule has 1 aromatic carbocycles. The normalized spacial score (nSPS) is 10.2. The first-order chi connectivity index (χ1) is 8.15. The molecule has 2 rings (SSSR count). The molecule has 0 atom stereocenters. The van der Waals surface area contributed by atoms with Crippen LogP contribution in [-0.2, 0) is 6.61 Å². The van der Waals surface area contributed by atoms with Crippen molar-refractivity contribution in [3.8, 4) is 5.75 Å². The van der Waals surface area contributed by atoms with Gasteiger partial charge in [0.05, 0.1) is 0 Å². The summed E-state index contributed by atoms with van der Waals surface area (Å²) in [5.41, 5.74) is 1.17. The van der Waals surface area contributed by atoms with Gasteiger partial charge in [0, 0.05) is 0 Å². The van der Waals surface area contributed by atoms with E-state index in [0.29, 0.717) is 5.76 Å². The number of carbonyl (C=O) groups is 1. The third kappa shape index (κ3) is 3.11. The molecule has 1 aromatic heterocycles. The van der Waals surface area contributed by atoms with Crippen LogP contribution in [0.2, 0.25) is 0 Å². The van der Waals surface area contributed by atoms with Crippen molar-refractivity contribution < 1.29 is 13.9 Å². The molecular weight excluding hydrogens is 240 g/mol. The van der Waals surface area contributed by atoms with Crippen LogP contribution in [-0.4, -0.2) is 5.24 Å². The number of hydrogen-bond donors (Lipinski definition) is 0. The van der Waals surface area contributed by atoms with Crippen molar-refractivity contribution >= 4 is 16.8 Å². The Kier molecular flexibility index (Phi) is 3.49. The zero-order chi connectivity index (χ0) is 12.3. The molecule has 0 N–H and O–H groups in total. The van der Waals surface area contributed by atoms with E-state index in [0.717, 1.165) is 5.75 Å². The minimum atomic E-state index is -0.605. The summed E-state index contributed by atoms with van der Waals surface area (Å²) in [7, 11) is 0. The first-order valence-electron chi connectivity index (χ1n) is 5.13. The van der Waals surface area contributed by atoms with E-state index >= 15 is 0 Å². The molecule has 0 saturated heterocycles. The maximum atomic E-state index is 10.8. The molecule has 0 spiro atoms. The van der Waals surface area contributed by atoms with Gasteiger partial charge < -0.3 is 9.15 Å². The molecule has 0 aliphatic carbocycles. The Morgan fingerprint density at radius 1 is 1.24 bits per heavy atom. The number of aryl methyl sites for hydroxylation is 1. The summed E-state index contributed by atoms with van der Waals surface area (Å²) in [4.78, 5) is 10.8. The Bertz CT molecular complexity index is 514. The second kappa shape index (κ2) is 5.06. The van der Waals surface area contributed by atoms with Gasteiger partial charge in [-0.2, -0.15) is 0 Å². The summed E-state index contributed by atoms with van der Waals surface area (Å²) >= 11 is 5.28. The predicted octanol–water partition coefficient (Wildman–Crippen LogP) is 3.55. The van der Waals surface area contributed by atoms with Gasteiger partial charge in [-0.25, -0.2) is 0 Å². The molecular formula is C13H11ClO3. The lowest BCUT2D eigenvalue weighted by Crippen LogP contribution is -1.93. The van der Waals surface area contributed by atoms with Crippen LogP contribution in [0.1, 0.15) is 21.9 Å². The number of carbonyl (C=O) groups excluding carboxylic acids is 1. The summed E-state index contributed by atoms with van der Waals surface area (Å²) in [5.74, 6) is 1.45. The maximum Gasteiger partial charge on any atom is 0.287 e. The van der Waals surface area contributed by atoms with Crippen LogP contribution >= 0.6 is 11.6 Å². The van der Waals surface area contributed by atoms with E-state index in [-0.39, 0.29) is 12.4 Å². The van der Waals surface area contributed by atoms with Crippen LogP contribution in [0.15, 0.2) is 40.8 Å². The molecule has 0 aliphatic rings. The molecule has 0 aliphatic heterocycles. The molecule has 0 unspecified atom stereocenters. The Labute approximate surface area is 104 Å². The fourth-order valence-electron chi connectivity index (χ4n) is 1.35. The second-order valence-electron chi connectivity index (χ2n) is 3.64. The third-order valence-electron chi connectivity index (χ3n) is 2.26. The van der Waals surface area contributed by atoms with Gasteiger partial charge in [0.15, 0.2) is 5.76 Å². The van der Waals surface area contributed by atoms with E-state index in [9.17, 15) is 4.79 Å². The Balaban J connectivity index is 1.97. The van der Waals surface area contributed by atoms with Crippen LogP contribution in [0.4, 0.5) is 0 Å². The highest BCUT2D eigenvalue weighted by Crippen LogP contribution is 2.15. The number of rotatable bonds is 4. The largest absolute Gasteiger partial charge is 0.486 e. The van der Waals surface area contributed by atoms with Crippen molar-refractivity contribution in [2.75, 3.05) is 0 Å². The zero-order valence-corrected chi connectivity index (χ0v) is 10.0. The van der Waals surface area contributed by atoms with E-state index in [2.05, 4.69) is 0 Å². The Morgan fingerprint density at radius 2 is 1.94 bits per heavy atom. The topological polar surface area (TPSA) is 39.4 Å². The fourth-order valence-corrected chi connectivity index (χ4v) is 1.45. The standard InChI is InChI=1S/C13H11ClO3/c1-9-2-4-10(5-3-9)16-8-11-6-7-12(17-11)13(14)15/h2-7H,8H2,1H3. The smallest absolute Gasteiger partial charge is 0.287 e. The minimum absolute atomic E-state index is 0.133. The fraction of sp³-hybridized carbons (Fsp3) is 0.154. The Hall–Kier alpha value is -1.74. The molecule has 0 bridgehead atoms. The van der Waals surface area contributed by atoms with Crippen molar-refractivity contribution in [2.45, 2.75) is 13.5 Å². The van der Waals surface area contributed by atoms with Gasteiger partial charge in [0.1, 0.15) is 18.1 Å². The quantitative estimate of drug-likeness (QED) is 0.779. The molecule has 3 nitrogen and oxygen atoms in total. The number of halogens is 1. The van der Waals surface area contributed by atoms with Crippen molar-refractivity contribution in [1.82, 2.24) is 0 Å². The average Bonchev–Trinajstić information content (AvgIpc) is 2.77. The highest BCUT2D eigenvalue weighted by atomic mass is 35.5. The molecule has 17 heavy (non-hydrogen) atoms. The van der Waals surface area contributed by atoms with Crippen molar-refractivity contribution in [3.05, 3.63) is 53.5 Å². The van der Waals surface area contributed by atoms with Crippen LogP contribution < -0.4 is 4.74 Å². The number of benzene rings is 1. The maximum absolute atomic E-state index is 10.8. The Morgan fingerprint density at radius 3 is 2.53 bits per heavy atom. The lowest BCUT2D eigenvalue weighted by Gasteiger charge is -2.03. The molecule has 1 heterocycles. The molecule has 88 valence electrons. The lowest BCUT2D eigenvalue weighted by atomic mass is 10.2. The summed E-state index contributed by atoms with van der Waals surface area (Å²) in [6, 6.07) is 10.9. The van der Waals surface area contributed by atoms with Crippen LogP contribution in [0.5, 0.6) is 5.75 Å². The molecule has 4 heteroatoms. The van der Waals surface area contributed by atoms with E-state index in [1.165, 1.54) is 11.6 Å². The number of hydrogen-bond acceptors (Lipinski definition) is 3. The minimum Gasteiger partial charge on any atom is -0.486 e. The van der Waals surface area contributed by atoms with Gasteiger partial charge >= 0.3 is 0 Å². The number of furan rings is 1. The monoisotopic (exact) mass is 250 g/mol. The van der Waals surface area contributed by atoms with Crippen molar-refractivity contribution in [1.29, 1.82) is 0 Å². The molecule has 0 amide bonds. The van der Waals surface area contributed by atoms with Crippen LogP contribution in [0.3, 0.4) is 0 Å². The van der Waals surface area contributed by atoms with Crippen molar-refractivity contribution in [3.63, 3.8) is 0 Å². The molecule has 2 aromatic rings. The second-order valence-corrected chi connectivity index (χ2v) is 3.98. The van der Waals surface area contributed by atoms with Crippen LogP contribution in [0, 0.1) is 6.92 Å². The average molecular weight is 251 g/mol. The van der Waals surface area contributed by atoms with Crippen molar-refractivity contribution in [2.24, 2.45) is 0 Å². The van der Waals surface area contributed by atoms with Gasteiger partial charge in [-0.1, -0.05) is 17.7 Å². The summed E-state index contributed by atoms with van der Waals surface area (Å²) in [6.45, 7) is 2.28. The summed E-state index contributed by atoms with van der Waals surface area (Å²) in [6.07, 6.45) is 0. The molecule has 0 saturated carbocycles. The van der Waals surface area contributed by atoms with Gasteiger partial charge in [-0.05, 0) is 42.8 Å². The van der Waals surface area contributed by atoms with Crippen LogP contribution in [0.25, 0.3) is 0 Å². The van der Waals surface area contributed by atoms with E-state index in [4.69, 9.17) is 20.8 Å².